The van der Waals surface area contributed by atoms with Crippen LogP contribution in [0.4, 0.5) is 0 Å². The molecule has 0 aromatic rings. The van der Waals surface area contributed by atoms with Crippen LogP contribution in [0.2, 0.25) is 0 Å². The van der Waals surface area contributed by atoms with Gasteiger partial charge in [-0.25, -0.2) is 0 Å². The predicted octanol–water partition coefficient (Wildman–Crippen LogP) is 3.87. The van der Waals surface area contributed by atoms with Gasteiger partial charge in [-0.15, -0.1) is 23.2 Å². The number of ether oxygens (including phenoxy) is 1. The van der Waals surface area contributed by atoms with Gasteiger partial charge in [-0.05, 0) is 13.8 Å². The molecule has 2 unspecified atom stereocenters. The summed E-state index contributed by atoms with van der Waals surface area (Å²) in [5, 5.41) is 0. The summed E-state index contributed by atoms with van der Waals surface area (Å²) in [6, 6.07) is 0. The van der Waals surface area contributed by atoms with Crippen molar-refractivity contribution in [1.82, 2.24) is 0 Å². The lowest BCUT2D eigenvalue weighted by Crippen LogP contribution is -2.14. The molecule has 15 heavy (non-hydrogen) atoms. The van der Waals surface area contributed by atoms with Gasteiger partial charge in [0.2, 0.25) is 0 Å². The first-order valence-electron chi connectivity index (χ1n) is 5.23. The van der Waals surface area contributed by atoms with E-state index in [0.29, 0.717) is 36.8 Å². The van der Waals surface area contributed by atoms with Crippen molar-refractivity contribution in [3.63, 3.8) is 0 Å². The highest BCUT2D eigenvalue weighted by atomic mass is 35.5. The summed E-state index contributed by atoms with van der Waals surface area (Å²) in [6.07, 6.45) is 8.14. The second-order valence-electron chi connectivity index (χ2n) is 3.42. The highest BCUT2D eigenvalue weighted by Crippen LogP contribution is 2.07. The van der Waals surface area contributed by atoms with Crippen LogP contribution in [-0.2, 0) is 4.74 Å². The van der Waals surface area contributed by atoms with Crippen LogP contribution in [0.15, 0.2) is 24.3 Å². The average Bonchev–Trinajstić information content (AvgIpc) is 2.26. The predicted molar refractivity (Wildman–Crippen MR) is 68.9 cm³/mol. The van der Waals surface area contributed by atoms with E-state index in [2.05, 4.69) is 12.2 Å². The van der Waals surface area contributed by atoms with E-state index in [1.54, 1.807) is 0 Å². The number of rotatable bonds is 8. The molecule has 0 aliphatic rings. The fraction of sp³-hybridized carbons (Fsp3) is 0.667. The molecule has 0 heterocycles. The smallest absolute Gasteiger partial charge is 0.0540 e. The van der Waals surface area contributed by atoms with Crippen LogP contribution >= 0.6 is 23.2 Å². The highest BCUT2D eigenvalue weighted by molar-refractivity contribution is 6.18. The summed E-state index contributed by atoms with van der Waals surface area (Å²) in [5.41, 5.74) is 0. The molecular weight excluding hydrogens is 231 g/mol. The molecular formula is C12H20Cl2O. The van der Waals surface area contributed by atoms with Crippen molar-refractivity contribution in [2.45, 2.75) is 13.8 Å². The number of hydrogen-bond donors (Lipinski definition) is 0. The Morgan fingerprint density at radius 3 is 1.60 bits per heavy atom. The van der Waals surface area contributed by atoms with Gasteiger partial charge in [-0.1, -0.05) is 24.3 Å². The fourth-order valence-corrected chi connectivity index (χ4v) is 1.60. The van der Waals surface area contributed by atoms with Gasteiger partial charge in [0.1, 0.15) is 0 Å². The fourth-order valence-electron chi connectivity index (χ4n) is 1.22. The summed E-state index contributed by atoms with van der Waals surface area (Å²) in [5.74, 6) is 1.80. The maximum atomic E-state index is 5.79. The first-order valence-corrected chi connectivity index (χ1v) is 6.30. The second kappa shape index (κ2) is 10.5. The third kappa shape index (κ3) is 7.89. The lowest BCUT2D eigenvalue weighted by atomic mass is 10.1. The summed E-state index contributed by atoms with van der Waals surface area (Å²) >= 11 is 11.6. The molecule has 0 saturated heterocycles. The topological polar surface area (TPSA) is 9.23 Å². The number of halogens is 2. The molecule has 0 aliphatic carbocycles. The standard InChI is InChI=1S/C12H20Cl2O/c1-3-5-11(7-13)9-15-10-12(8-14)6-4-2/h3-6,11-12H,7-10H2,1-2H3. The Kier molecular flexibility index (Phi) is 10.5. The van der Waals surface area contributed by atoms with Gasteiger partial charge in [0.25, 0.3) is 0 Å². The zero-order valence-corrected chi connectivity index (χ0v) is 11.0. The van der Waals surface area contributed by atoms with Crippen LogP contribution in [-0.4, -0.2) is 25.0 Å². The second-order valence-corrected chi connectivity index (χ2v) is 4.04. The first-order chi connectivity index (χ1) is 7.28. The van der Waals surface area contributed by atoms with Gasteiger partial charge < -0.3 is 4.74 Å². The zero-order valence-electron chi connectivity index (χ0n) is 9.46. The Morgan fingerprint density at radius 1 is 0.933 bits per heavy atom. The summed E-state index contributed by atoms with van der Waals surface area (Å²) in [4.78, 5) is 0. The van der Waals surface area contributed by atoms with Crippen LogP contribution < -0.4 is 0 Å². The Bertz CT molecular complexity index is 170. The minimum Gasteiger partial charge on any atom is -0.380 e. The van der Waals surface area contributed by atoms with Gasteiger partial charge in [-0.3, -0.25) is 0 Å². The summed E-state index contributed by atoms with van der Waals surface area (Å²) < 4.78 is 5.57. The molecule has 0 bridgehead atoms. The average molecular weight is 251 g/mol. The van der Waals surface area contributed by atoms with Gasteiger partial charge in [0.15, 0.2) is 0 Å². The van der Waals surface area contributed by atoms with E-state index >= 15 is 0 Å². The minimum atomic E-state index is 0.304. The molecule has 3 heteroatoms. The van der Waals surface area contributed by atoms with Crippen LogP contribution in [0.25, 0.3) is 0 Å². The van der Waals surface area contributed by atoms with E-state index in [0.717, 1.165) is 0 Å². The molecule has 0 rings (SSSR count). The molecule has 0 aromatic heterocycles. The van der Waals surface area contributed by atoms with E-state index < -0.39 is 0 Å². The number of alkyl halides is 2. The van der Waals surface area contributed by atoms with Crippen LogP contribution in [0.5, 0.6) is 0 Å². The Balaban J connectivity index is 3.74. The Morgan fingerprint density at radius 2 is 1.33 bits per heavy atom. The molecule has 1 nitrogen and oxygen atoms in total. The monoisotopic (exact) mass is 250 g/mol. The molecule has 0 saturated carbocycles. The Hall–Kier alpha value is 0.0200. The van der Waals surface area contributed by atoms with Gasteiger partial charge in [-0.2, -0.15) is 0 Å². The molecule has 0 N–H and O–H groups in total. The van der Waals surface area contributed by atoms with Crippen molar-refractivity contribution >= 4 is 23.2 Å². The van der Waals surface area contributed by atoms with Crippen molar-refractivity contribution in [2.24, 2.45) is 11.8 Å². The van der Waals surface area contributed by atoms with Crippen molar-refractivity contribution in [2.75, 3.05) is 25.0 Å². The van der Waals surface area contributed by atoms with Crippen molar-refractivity contribution < 1.29 is 4.74 Å². The molecule has 0 amide bonds. The van der Waals surface area contributed by atoms with Crippen molar-refractivity contribution in [3.05, 3.63) is 24.3 Å². The molecule has 88 valence electrons. The first kappa shape index (κ1) is 15.0. The molecule has 2 atom stereocenters. The van der Waals surface area contributed by atoms with Crippen LogP contribution in [0, 0.1) is 11.8 Å². The highest BCUT2D eigenvalue weighted by Gasteiger charge is 2.06. The van der Waals surface area contributed by atoms with Crippen LogP contribution in [0.1, 0.15) is 13.8 Å². The van der Waals surface area contributed by atoms with Gasteiger partial charge in [0.05, 0.1) is 13.2 Å². The quantitative estimate of drug-likeness (QED) is 0.470. The Labute approximate surface area is 103 Å². The summed E-state index contributed by atoms with van der Waals surface area (Å²) in [7, 11) is 0. The normalized spacial score (nSPS) is 16.3. The van der Waals surface area contributed by atoms with Gasteiger partial charge >= 0.3 is 0 Å². The minimum absolute atomic E-state index is 0.304. The van der Waals surface area contributed by atoms with E-state index in [-0.39, 0.29) is 0 Å². The molecule has 0 radical (unpaired) electrons. The van der Waals surface area contributed by atoms with Crippen LogP contribution in [0.3, 0.4) is 0 Å². The zero-order chi connectivity index (χ0) is 11.5. The number of allylic oxidation sites excluding steroid dienone is 2. The number of hydrogen-bond acceptors (Lipinski definition) is 1. The molecule has 0 aromatic carbocycles. The maximum absolute atomic E-state index is 5.79. The van der Waals surface area contributed by atoms with Crippen molar-refractivity contribution in [1.29, 1.82) is 0 Å². The SMILES string of the molecule is CC=CC(CCl)COCC(C=CC)CCl. The van der Waals surface area contributed by atoms with E-state index in [4.69, 9.17) is 27.9 Å². The third-order valence-electron chi connectivity index (χ3n) is 1.99. The van der Waals surface area contributed by atoms with Gasteiger partial charge in [0, 0.05) is 23.6 Å². The molecule has 0 spiro atoms. The third-order valence-corrected chi connectivity index (χ3v) is 2.78. The molecule has 0 aliphatic heterocycles. The van der Waals surface area contributed by atoms with Crippen molar-refractivity contribution in [3.8, 4) is 0 Å². The van der Waals surface area contributed by atoms with E-state index in [1.165, 1.54) is 0 Å². The summed E-state index contributed by atoms with van der Waals surface area (Å²) in [6.45, 7) is 5.30. The molecule has 0 fully saturated rings. The van der Waals surface area contributed by atoms with E-state index in [1.807, 2.05) is 26.0 Å². The van der Waals surface area contributed by atoms with E-state index in [9.17, 15) is 0 Å². The maximum Gasteiger partial charge on any atom is 0.0540 e. The largest absolute Gasteiger partial charge is 0.380 e. The lowest BCUT2D eigenvalue weighted by Gasteiger charge is -2.13. The lowest BCUT2D eigenvalue weighted by molar-refractivity contribution is 0.102.